The molecule has 0 aliphatic heterocycles. The molecule has 0 unspecified atom stereocenters. The van der Waals surface area contributed by atoms with Gasteiger partial charge in [-0.15, -0.1) is 0 Å². The van der Waals surface area contributed by atoms with Crippen molar-refractivity contribution < 1.29 is 17.2 Å². The fraction of sp³-hybridized carbons (Fsp3) is 0.0476. The molecule has 4 aromatic rings. The monoisotopic (exact) mass is 398 g/mol. The van der Waals surface area contributed by atoms with Crippen molar-refractivity contribution in [3.05, 3.63) is 77.9 Å². The highest BCUT2D eigenvalue weighted by atomic mass is 32.2. The van der Waals surface area contributed by atoms with Gasteiger partial charge in [-0.1, -0.05) is 30.3 Å². The molecule has 0 bridgehead atoms. The van der Waals surface area contributed by atoms with Crippen LogP contribution in [0.4, 0.5) is 8.78 Å². The van der Waals surface area contributed by atoms with Crippen molar-refractivity contribution in [2.45, 2.75) is 11.8 Å². The Hall–Kier alpha value is -3.03. The second-order valence-corrected chi connectivity index (χ2v) is 8.17. The number of nitrogens with one attached hydrogen (secondary N) is 1. The fourth-order valence-corrected chi connectivity index (χ4v) is 3.69. The van der Waals surface area contributed by atoms with E-state index in [4.69, 9.17) is 5.14 Å². The van der Waals surface area contributed by atoms with Gasteiger partial charge in [-0.3, -0.25) is 0 Å². The first kappa shape index (κ1) is 18.3. The van der Waals surface area contributed by atoms with Gasteiger partial charge in [0.1, 0.15) is 5.82 Å². The number of aromatic amines is 1. The molecule has 0 aliphatic rings. The summed E-state index contributed by atoms with van der Waals surface area (Å²) in [5.74, 6) is -0.772. The number of nitrogens with two attached hydrogens (primary N) is 1. The number of H-pyrrole nitrogens is 1. The maximum absolute atomic E-state index is 15.1. The van der Waals surface area contributed by atoms with Crippen molar-refractivity contribution in [1.29, 1.82) is 0 Å². The number of primary sulfonamides is 1. The van der Waals surface area contributed by atoms with Crippen molar-refractivity contribution in [3.63, 3.8) is 0 Å². The minimum atomic E-state index is -3.77. The zero-order valence-electron chi connectivity index (χ0n) is 14.8. The van der Waals surface area contributed by atoms with E-state index in [9.17, 15) is 12.8 Å². The Labute approximate surface area is 160 Å². The standard InChI is InChI=1S/C21H16F2N2O2S/c1-12-10-14(5-9-18(12)22)17-8-4-15-11-19(25-21(15)20(17)23)13-2-6-16(7-3-13)28(24,26)27/h2-11,25H,1H3,(H2,24,26,27). The number of rotatable bonds is 3. The molecule has 7 heteroatoms. The summed E-state index contributed by atoms with van der Waals surface area (Å²) in [6.07, 6.45) is 0. The molecule has 142 valence electrons. The molecule has 0 saturated carbocycles. The summed E-state index contributed by atoms with van der Waals surface area (Å²) in [6, 6.07) is 15.7. The molecule has 0 spiro atoms. The molecule has 3 N–H and O–H groups in total. The van der Waals surface area contributed by atoms with Crippen molar-refractivity contribution in [2.24, 2.45) is 5.14 Å². The Morgan fingerprint density at radius 1 is 0.893 bits per heavy atom. The van der Waals surface area contributed by atoms with Gasteiger partial charge in [0.15, 0.2) is 5.82 Å². The number of sulfonamides is 1. The van der Waals surface area contributed by atoms with Gasteiger partial charge >= 0.3 is 0 Å². The van der Waals surface area contributed by atoms with Crippen LogP contribution >= 0.6 is 0 Å². The minimum absolute atomic E-state index is 0.00695. The van der Waals surface area contributed by atoms with Crippen molar-refractivity contribution in [1.82, 2.24) is 4.98 Å². The quantitative estimate of drug-likeness (QED) is 0.523. The lowest BCUT2D eigenvalue weighted by molar-refractivity contribution is 0.598. The lowest BCUT2D eigenvalue weighted by Crippen LogP contribution is -2.11. The van der Waals surface area contributed by atoms with Crippen LogP contribution < -0.4 is 5.14 Å². The molecule has 3 aromatic carbocycles. The minimum Gasteiger partial charge on any atom is -0.352 e. The van der Waals surface area contributed by atoms with Crippen LogP contribution in [0, 0.1) is 18.6 Å². The molecular weight excluding hydrogens is 382 g/mol. The number of fused-ring (bicyclic) bond motifs is 1. The first-order valence-corrected chi connectivity index (χ1v) is 9.99. The van der Waals surface area contributed by atoms with E-state index in [1.807, 2.05) is 0 Å². The highest BCUT2D eigenvalue weighted by Gasteiger charge is 2.14. The average molecular weight is 398 g/mol. The third-order valence-corrected chi connectivity index (χ3v) is 5.63. The first-order chi connectivity index (χ1) is 13.2. The van der Waals surface area contributed by atoms with Gasteiger partial charge in [-0.2, -0.15) is 0 Å². The lowest BCUT2D eigenvalue weighted by Gasteiger charge is -2.06. The second kappa shape index (κ2) is 6.54. The van der Waals surface area contributed by atoms with Crippen LogP contribution in [-0.4, -0.2) is 13.4 Å². The third-order valence-electron chi connectivity index (χ3n) is 4.70. The van der Waals surface area contributed by atoms with E-state index in [2.05, 4.69) is 4.98 Å². The van der Waals surface area contributed by atoms with E-state index in [1.165, 1.54) is 18.2 Å². The zero-order chi connectivity index (χ0) is 20.1. The molecule has 28 heavy (non-hydrogen) atoms. The van der Waals surface area contributed by atoms with Gasteiger partial charge in [0.05, 0.1) is 10.4 Å². The zero-order valence-corrected chi connectivity index (χ0v) is 15.6. The van der Waals surface area contributed by atoms with Gasteiger partial charge in [0.2, 0.25) is 10.0 Å². The number of hydrogen-bond donors (Lipinski definition) is 2. The smallest absolute Gasteiger partial charge is 0.238 e. The van der Waals surface area contributed by atoms with Gasteiger partial charge < -0.3 is 4.98 Å². The Morgan fingerprint density at radius 2 is 1.57 bits per heavy atom. The van der Waals surface area contributed by atoms with Gasteiger partial charge in [0.25, 0.3) is 0 Å². The van der Waals surface area contributed by atoms with Gasteiger partial charge in [0, 0.05) is 16.6 Å². The molecule has 0 saturated heterocycles. The van der Waals surface area contributed by atoms with Gasteiger partial charge in [-0.05, 0) is 53.9 Å². The van der Waals surface area contributed by atoms with Crippen LogP contribution in [-0.2, 0) is 10.0 Å². The van der Waals surface area contributed by atoms with E-state index >= 15 is 4.39 Å². The molecule has 0 atom stereocenters. The topological polar surface area (TPSA) is 76.0 Å². The summed E-state index contributed by atoms with van der Waals surface area (Å²) in [7, 11) is -3.77. The van der Waals surface area contributed by atoms with E-state index in [0.717, 1.165) is 0 Å². The molecule has 0 fully saturated rings. The summed E-state index contributed by atoms with van der Waals surface area (Å²) < 4.78 is 51.4. The maximum Gasteiger partial charge on any atom is 0.238 e. The summed E-state index contributed by atoms with van der Waals surface area (Å²) in [6.45, 7) is 1.63. The number of halogens is 2. The number of aryl methyl sites for hydroxylation is 1. The van der Waals surface area contributed by atoms with Crippen LogP contribution in [0.2, 0.25) is 0 Å². The molecule has 4 rings (SSSR count). The second-order valence-electron chi connectivity index (χ2n) is 6.61. The summed E-state index contributed by atoms with van der Waals surface area (Å²) >= 11 is 0. The lowest BCUT2D eigenvalue weighted by atomic mass is 10.0. The highest BCUT2D eigenvalue weighted by molar-refractivity contribution is 7.89. The maximum atomic E-state index is 15.1. The highest BCUT2D eigenvalue weighted by Crippen LogP contribution is 2.32. The van der Waals surface area contributed by atoms with E-state index in [-0.39, 0.29) is 10.7 Å². The molecule has 1 heterocycles. The summed E-state index contributed by atoms with van der Waals surface area (Å²) in [5.41, 5.74) is 3.06. The van der Waals surface area contributed by atoms with Crippen LogP contribution in [0.1, 0.15) is 5.56 Å². The van der Waals surface area contributed by atoms with Crippen molar-refractivity contribution in [3.8, 4) is 22.4 Å². The van der Waals surface area contributed by atoms with Crippen LogP contribution in [0.5, 0.6) is 0 Å². The number of hydrogen-bond acceptors (Lipinski definition) is 2. The SMILES string of the molecule is Cc1cc(-c2ccc3cc(-c4ccc(S(N)(=O)=O)cc4)[nH]c3c2F)ccc1F. The summed E-state index contributed by atoms with van der Waals surface area (Å²) in [4.78, 5) is 3.05. The normalized spacial score (nSPS) is 11.9. The molecule has 0 radical (unpaired) electrons. The van der Waals surface area contributed by atoms with Crippen LogP contribution in [0.15, 0.2) is 65.6 Å². The molecule has 0 aliphatic carbocycles. The molecule has 1 aromatic heterocycles. The van der Waals surface area contributed by atoms with E-state index < -0.39 is 15.8 Å². The Morgan fingerprint density at radius 3 is 2.21 bits per heavy atom. The predicted octanol–water partition coefficient (Wildman–Crippen LogP) is 4.74. The van der Waals surface area contributed by atoms with E-state index in [0.29, 0.717) is 38.9 Å². The largest absolute Gasteiger partial charge is 0.352 e. The third kappa shape index (κ3) is 3.19. The first-order valence-electron chi connectivity index (χ1n) is 8.45. The Bertz CT molecular complexity index is 1310. The molecule has 0 amide bonds. The summed E-state index contributed by atoms with van der Waals surface area (Å²) in [5, 5.41) is 5.78. The predicted molar refractivity (Wildman–Crippen MR) is 105 cm³/mol. The van der Waals surface area contributed by atoms with Crippen LogP contribution in [0.25, 0.3) is 33.3 Å². The molecule has 4 nitrogen and oxygen atoms in total. The van der Waals surface area contributed by atoms with Crippen molar-refractivity contribution >= 4 is 20.9 Å². The van der Waals surface area contributed by atoms with E-state index in [1.54, 1.807) is 49.4 Å². The Kier molecular flexibility index (Phi) is 4.28. The average Bonchev–Trinajstić information content (AvgIpc) is 3.09. The Balaban J connectivity index is 1.79. The number of benzene rings is 3. The van der Waals surface area contributed by atoms with Crippen LogP contribution in [0.3, 0.4) is 0 Å². The van der Waals surface area contributed by atoms with Gasteiger partial charge in [-0.25, -0.2) is 22.3 Å². The fourth-order valence-electron chi connectivity index (χ4n) is 3.18. The van der Waals surface area contributed by atoms with Crippen molar-refractivity contribution in [2.75, 3.05) is 0 Å². The number of aromatic nitrogens is 1. The molecular formula is C21H16F2N2O2S.